The van der Waals surface area contributed by atoms with Gasteiger partial charge in [0, 0.05) is 14.2 Å². The van der Waals surface area contributed by atoms with Gasteiger partial charge in [-0.25, -0.2) is 23.7 Å². The second kappa shape index (κ2) is 14.5. The number of nitrogen functional groups attached to an aromatic ring is 1. The van der Waals surface area contributed by atoms with Crippen molar-refractivity contribution in [2.45, 2.75) is 55.3 Å². The van der Waals surface area contributed by atoms with E-state index in [-0.39, 0.29) is 35.6 Å². The van der Waals surface area contributed by atoms with Gasteiger partial charge in [0.25, 0.3) is 5.56 Å². The van der Waals surface area contributed by atoms with Crippen molar-refractivity contribution in [3.63, 3.8) is 0 Å². The van der Waals surface area contributed by atoms with E-state index in [1.54, 1.807) is 11.9 Å². The first-order valence-electron chi connectivity index (χ1n) is 15.0. The Bertz CT molecular complexity index is 2000. The minimum absolute atomic E-state index is 0.0588. The number of phosphoric ester groups is 2. The maximum Gasteiger partial charge on any atom is 0.490 e. The van der Waals surface area contributed by atoms with Gasteiger partial charge in [-0.1, -0.05) is 0 Å². The average molecular weight is 820 g/mol. The number of fused-ring (bicyclic) bond motifs is 1. The number of nitrogens with two attached hydrogens (primary N) is 2. The van der Waals surface area contributed by atoms with Crippen LogP contribution in [-0.2, 0) is 45.6 Å². The number of likely N-dealkylation sites (N-methyl/N-ethyl adjacent to an activating group) is 1. The molecule has 6 unspecified atom stereocenters. The molecule has 13 N–H and O–H groups in total. The summed E-state index contributed by atoms with van der Waals surface area (Å²) in [6.07, 6.45) is -12.1. The summed E-state index contributed by atoms with van der Waals surface area (Å²) in [5, 5.41) is 45.1. The molecule has 2 aromatic rings. The third-order valence-corrected chi connectivity index (χ3v) is 12.5. The van der Waals surface area contributed by atoms with Crippen LogP contribution in [0.2, 0.25) is 0 Å². The maximum absolute atomic E-state index is 12.6. The molecule has 6 rings (SSSR count). The summed E-state index contributed by atoms with van der Waals surface area (Å²) >= 11 is 0. The van der Waals surface area contributed by atoms with Crippen LogP contribution in [-0.4, -0.2) is 154 Å². The lowest BCUT2D eigenvalue weighted by atomic mass is 10.1. The Hall–Kier alpha value is -3.11. The highest BCUT2D eigenvalue weighted by molar-refractivity contribution is 7.66. The molecule has 0 radical (unpaired) electrons. The zero-order valence-electron chi connectivity index (χ0n) is 27.2. The van der Waals surface area contributed by atoms with E-state index in [4.69, 9.17) is 30.2 Å². The van der Waals surface area contributed by atoms with Gasteiger partial charge in [-0.3, -0.25) is 23.4 Å². The molecule has 6 heterocycles. The van der Waals surface area contributed by atoms with E-state index in [9.17, 15) is 53.6 Å². The number of hydrogen-bond acceptors (Lipinski definition) is 23. The summed E-state index contributed by atoms with van der Waals surface area (Å²) in [4.78, 5) is 59.2. The fraction of sp³-hybridized carbons (Fsp3) is 0.636. The van der Waals surface area contributed by atoms with Gasteiger partial charge >= 0.3 is 23.5 Å². The molecule has 2 saturated heterocycles. The number of hydrogen-bond donors (Lipinski definition) is 11. The SMILES string of the molecule is COC1[C@H](COP(=O)(O)OP(=O)(O)OP(=O)(O)OC[C@H]2O[C@@H](n3cnc4c(=O)[nH]c(N)nc43)C(O)[C@H]2O)O[C@H](N2CN(C)C3=C2NC(N)=NC3O)[C@@H]1O. The van der Waals surface area contributed by atoms with Crippen molar-refractivity contribution in [1.29, 1.82) is 0 Å². The van der Waals surface area contributed by atoms with Crippen molar-refractivity contribution >= 4 is 46.5 Å². The van der Waals surface area contributed by atoms with E-state index in [0.717, 1.165) is 10.9 Å². The lowest BCUT2D eigenvalue weighted by Crippen LogP contribution is -2.49. The number of methoxy groups -OCH3 is 1. The Morgan fingerprint density at radius 3 is 2.21 bits per heavy atom. The molecule has 4 aliphatic heterocycles. The summed E-state index contributed by atoms with van der Waals surface area (Å²) < 4.78 is 72.9. The first-order valence-corrected chi connectivity index (χ1v) is 19.5. The summed E-state index contributed by atoms with van der Waals surface area (Å²) in [6.45, 7) is -1.92. The molecule has 12 atom stereocenters. The standard InChI is InChI=1S/C22H35N10O18P3/c1-30-6-32(16-10(30)18(37)29-22(24)27-16)20-13(35)14(44-2)8(48-20)4-46-52(40,41)50-53(42,43)49-51(38,39)45-3-7-11(33)12(34)19(47-7)31-5-25-9-15(31)26-21(23)28-17(9)36/h5,7-8,11-14,18-20,33-35,37H,3-4,6H2,1-2H3,(H,38,39)(H,40,41)(H,42,43)(H3,24,27,29)(H3,23,26,28,36)/t7-,8+,11+,12?,13-,14?,18?,19-,20+/m1/s1. The number of rotatable bonds is 13. The van der Waals surface area contributed by atoms with Crippen LogP contribution in [0.5, 0.6) is 0 Å². The number of phosphoric acid groups is 3. The molecule has 0 amide bonds. The highest BCUT2D eigenvalue weighted by Crippen LogP contribution is 2.67. The number of guanidine groups is 1. The quantitative estimate of drug-likeness (QED) is 0.0847. The highest BCUT2D eigenvalue weighted by Gasteiger charge is 2.52. The monoisotopic (exact) mass is 820 g/mol. The van der Waals surface area contributed by atoms with Gasteiger partial charge in [0.05, 0.1) is 26.2 Å². The number of H-pyrrole nitrogens is 1. The van der Waals surface area contributed by atoms with Gasteiger partial charge in [0.1, 0.15) is 48.1 Å². The van der Waals surface area contributed by atoms with Crippen molar-refractivity contribution in [3.05, 3.63) is 28.2 Å². The van der Waals surface area contributed by atoms with Crippen LogP contribution in [0.15, 0.2) is 27.6 Å². The van der Waals surface area contributed by atoms with Crippen LogP contribution >= 0.6 is 23.5 Å². The Balaban J connectivity index is 1.03. The number of anilines is 1. The fourth-order valence-corrected chi connectivity index (χ4v) is 9.52. The van der Waals surface area contributed by atoms with Crippen molar-refractivity contribution in [2.24, 2.45) is 10.7 Å². The van der Waals surface area contributed by atoms with E-state index in [1.165, 1.54) is 12.0 Å². The molecule has 0 saturated carbocycles. The molecular weight excluding hydrogens is 785 g/mol. The van der Waals surface area contributed by atoms with E-state index in [1.807, 2.05) is 0 Å². The zero-order chi connectivity index (χ0) is 38.8. The average Bonchev–Trinajstić information content (AvgIpc) is 3.76. The zero-order valence-corrected chi connectivity index (χ0v) is 29.9. The molecular formula is C22H35N10O18P3. The highest BCUT2D eigenvalue weighted by atomic mass is 31.3. The first kappa shape index (κ1) is 39.6. The predicted molar refractivity (Wildman–Crippen MR) is 170 cm³/mol. The Morgan fingerprint density at radius 1 is 0.943 bits per heavy atom. The van der Waals surface area contributed by atoms with E-state index in [2.05, 4.69) is 38.4 Å². The van der Waals surface area contributed by atoms with Crippen LogP contribution in [0.4, 0.5) is 5.95 Å². The van der Waals surface area contributed by atoms with Crippen molar-refractivity contribution in [2.75, 3.05) is 39.8 Å². The smallest absolute Gasteiger partial charge is 0.387 e. The number of imidazole rings is 1. The Labute approximate surface area is 295 Å². The van der Waals surface area contributed by atoms with E-state index in [0.29, 0.717) is 5.70 Å². The predicted octanol–water partition coefficient (Wildman–Crippen LogP) is -4.60. The molecule has 2 aromatic heterocycles. The molecule has 28 nitrogen and oxygen atoms in total. The second-order valence-corrected chi connectivity index (χ2v) is 16.4. The summed E-state index contributed by atoms with van der Waals surface area (Å²) in [7, 11) is -14.4. The van der Waals surface area contributed by atoms with E-state index < -0.39 is 97.5 Å². The number of aromatic amines is 1. The number of aromatic nitrogens is 4. The number of nitrogens with zero attached hydrogens (tertiary/aromatic N) is 6. The van der Waals surface area contributed by atoms with Crippen LogP contribution < -0.4 is 22.3 Å². The topological polar surface area (TPSA) is 404 Å². The number of ether oxygens (including phenoxy) is 3. The van der Waals surface area contributed by atoms with Crippen LogP contribution in [0, 0.1) is 0 Å². The van der Waals surface area contributed by atoms with Crippen LogP contribution in [0.3, 0.4) is 0 Å². The van der Waals surface area contributed by atoms with Crippen LogP contribution in [0.25, 0.3) is 11.2 Å². The molecule has 0 aromatic carbocycles. The minimum atomic E-state index is -5.96. The number of aliphatic hydroxyl groups excluding tert-OH is 4. The molecule has 4 aliphatic rings. The molecule has 296 valence electrons. The molecule has 2 fully saturated rings. The molecule has 53 heavy (non-hydrogen) atoms. The van der Waals surface area contributed by atoms with Crippen molar-refractivity contribution in [1.82, 2.24) is 34.6 Å². The maximum atomic E-state index is 12.6. The number of aliphatic imine (C=N–C) groups is 1. The minimum Gasteiger partial charge on any atom is -0.387 e. The summed E-state index contributed by atoms with van der Waals surface area (Å²) in [6, 6.07) is 0. The van der Waals surface area contributed by atoms with Gasteiger partial charge in [-0.15, -0.1) is 0 Å². The summed E-state index contributed by atoms with van der Waals surface area (Å²) in [5.74, 6) is -0.179. The van der Waals surface area contributed by atoms with Crippen LogP contribution in [0.1, 0.15) is 6.23 Å². The first-order chi connectivity index (χ1) is 24.7. The normalized spacial score (nSPS) is 33.8. The van der Waals surface area contributed by atoms with Gasteiger partial charge in [-0.2, -0.15) is 13.6 Å². The largest absolute Gasteiger partial charge is 0.490 e. The molecule has 0 bridgehead atoms. The van der Waals surface area contributed by atoms with Gasteiger partial charge < -0.3 is 75.9 Å². The number of aliphatic hydroxyl groups is 4. The number of nitrogens with one attached hydrogen (secondary N) is 2. The van der Waals surface area contributed by atoms with Gasteiger partial charge in [0.2, 0.25) is 5.95 Å². The Kier molecular flexibility index (Phi) is 10.8. The third-order valence-electron chi connectivity index (χ3n) is 8.23. The van der Waals surface area contributed by atoms with Gasteiger partial charge in [0.15, 0.2) is 35.8 Å². The summed E-state index contributed by atoms with van der Waals surface area (Å²) in [5.41, 5.74) is 10.5. The van der Waals surface area contributed by atoms with Gasteiger partial charge in [-0.05, 0) is 0 Å². The molecule has 0 aliphatic carbocycles. The lowest BCUT2D eigenvalue weighted by Gasteiger charge is -2.31. The fourth-order valence-electron chi connectivity index (χ4n) is 6.00. The van der Waals surface area contributed by atoms with E-state index >= 15 is 0 Å². The Morgan fingerprint density at radius 2 is 1.57 bits per heavy atom. The lowest BCUT2D eigenvalue weighted by molar-refractivity contribution is -0.0878. The second-order valence-electron chi connectivity index (χ2n) is 11.8. The molecule has 31 heteroatoms. The van der Waals surface area contributed by atoms with Crippen molar-refractivity contribution < 1.29 is 80.7 Å². The molecule has 0 spiro atoms. The third kappa shape index (κ3) is 8.00. The van der Waals surface area contributed by atoms with Crippen molar-refractivity contribution in [3.8, 4) is 0 Å².